The number of likely N-dealkylation sites (tertiary alicyclic amines) is 1. The van der Waals surface area contributed by atoms with E-state index < -0.39 is 5.60 Å². The molecule has 0 aliphatic carbocycles. The number of nitrogens with two attached hydrogens (primary N) is 1. The Bertz CT molecular complexity index is 558. The van der Waals surface area contributed by atoms with Gasteiger partial charge in [0.1, 0.15) is 5.60 Å². The maximum atomic E-state index is 12.3. The van der Waals surface area contributed by atoms with Crippen LogP contribution in [0.1, 0.15) is 32.3 Å². The number of carbonyl (C=O) groups is 1. The number of hydrogen-bond donors (Lipinski definition) is 1. The number of halogens is 2. The lowest BCUT2D eigenvalue weighted by atomic mass is 9.89. The minimum Gasteiger partial charge on any atom is -0.444 e. The Morgan fingerprint density at radius 1 is 1.36 bits per heavy atom. The summed E-state index contributed by atoms with van der Waals surface area (Å²) >= 11 is 12.4. The van der Waals surface area contributed by atoms with Crippen molar-refractivity contribution in [2.45, 2.75) is 32.3 Å². The molecule has 0 bridgehead atoms. The summed E-state index contributed by atoms with van der Waals surface area (Å²) in [6.07, 6.45) is -0.313. The number of carbonyl (C=O) groups excluding carboxylic acids is 1. The molecule has 1 heterocycles. The highest BCUT2D eigenvalue weighted by atomic mass is 35.5. The van der Waals surface area contributed by atoms with Crippen molar-refractivity contribution in [3.8, 4) is 0 Å². The Morgan fingerprint density at radius 2 is 2.05 bits per heavy atom. The van der Waals surface area contributed by atoms with E-state index in [2.05, 4.69) is 0 Å². The summed E-state index contributed by atoms with van der Waals surface area (Å²) in [5, 5.41) is 1.06. The topological polar surface area (TPSA) is 55.6 Å². The second-order valence-electron chi connectivity index (χ2n) is 6.63. The van der Waals surface area contributed by atoms with Crippen molar-refractivity contribution in [1.29, 1.82) is 0 Å². The molecular weight excluding hydrogens is 323 g/mol. The van der Waals surface area contributed by atoms with Gasteiger partial charge in [0.2, 0.25) is 0 Å². The number of hydrogen-bond acceptors (Lipinski definition) is 3. The lowest BCUT2D eigenvalue weighted by molar-refractivity contribution is 0.0287. The number of amides is 1. The molecule has 0 aromatic heterocycles. The summed E-state index contributed by atoms with van der Waals surface area (Å²) in [7, 11) is 0. The standard InChI is InChI=1S/C16H22Cl2N2O2/c1-16(2,3)22-15(21)20-8-10(7-19)12(9-20)11-5-4-6-13(17)14(11)18/h4-6,10,12H,7-9,19H2,1-3H3/t10-,12-/m1/s1. The maximum absolute atomic E-state index is 12.3. The van der Waals surface area contributed by atoms with Crippen LogP contribution in [0, 0.1) is 5.92 Å². The lowest BCUT2D eigenvalue weighted by Crippen LogP contribution is -2.35. The van der Waals surface area contributed by atoms with Gasteiger partial charge >= 0.3 is 6.09 Å². The van der Waals surface area contributed by atoms with E-state index in [1.165, 1.54) is 0 Å². The van der Waals surface area contributed by atoms with Gasteiger partial charge in [-0.05, 0) is 44.9 Å². The second kappa shape index (κ2) is 6.65. The number of nitrogens with zero attached hydrogens (tertiary/aromatic N) is 1. The highest BCUT2D eigenvalue weighted by Gasteiger charge is 2.38. The highest BCUT2D eigenvalue weighted by molar-refractivity contribution is 6.42. The average molecular weight is 345 g/mol. The molecule has 6 heteroatoms. The molecule has 2 rings (SSSR count). The minimum absolute atomic E-state index is 0.0729. The molecule has 1 amide bonds. The molecule has 22 heavy (non-hydrogen) atoms. The van der Waals surface area contributed by atoms with Crippen molar-refractivity contribution >= 4 is 29.3 Å². The molecule has 1 aromatic carbocycles. The van der Waals surface area contributed by atoms with Gasteiger partial charge in [-0.1, -0.05) is 35.3 Å². The first kappa shape index (κ1) is 17.4. The second-order valence-corrected chi connectivity index (χ2v) is 7.42. The molecule has 2 N–H and O–H groups in total. The minimum atomic E-state index is -0.513. The van der Waals surface area contributed by atoms with Gasteiger partial charge in [-0.3, -0.25) is 0 Å². The van der Waals surface area contributed by atoms with Crippen molar-refractivity contribution in [3.63, 3.8) is 0 Å². The van der Waals surface area contributed by atoms with Crippen LogP contribution < -0.4 is 5.73 Å². The van der Waals surface area contributed by atoms with Crippen molar-refractivity contribution < 1.29 is 9.53 Å². The molecule has 0 spiro atoms. The lowest BCUT2D eigenvalue weighted by Gasteiger charge is -2.24. The monoisotopic (exact) mass is 344 g/mol. The predicted molar refractivity (Wildman–Crippen MR) is 89.6 cm³/mol. The number of rotatable bonds is 2. The van der Waals surface area contributed by atoms with Gasteiger partial charge in [0.05, 0.1) is 10.0 Å². The Hall–Kier alpha value is -0.970. The normalized spacial score (nSPS) is 22.0. The van der Waals surface area contributed by atoms with Crippen LogP contribution in [0.4, 0.5) is 4.79 Å². The summed E-state index contributed by atoms with van der Waals surface area (Å²) in [4.78, 5) is 14.0. The molecule has 0 radical (unpaired) electrons. The molecule has 1 aliphatic rings. The molecule has 1 fully saturated rings. The van der Waals surface area contributed by atoms with E-state index in [1.807, 2.05) is 32.9 Å². The van der Waals surface area contributed by atoms with Crippen LogP contribution in [-0.2, 0) is 4.74 Å². The van der Waals surface area contributed by atoms with Crippen LogP contribution in [0.3, 0.4) is 0 Å². The molecule has 0 saturated carbocycles. The van der Waals surface area contributed by atoms with Crippen molar-refractivity contribution in [1.82, 2.24) is 4.90 Å². The average Bonchev–Trinajstić information content (AvgIpc) is 2.84. The number of ether oxygens (including phenoxy) is 1. The SMILES string of the molecule is CC(C)(C)OC(=O)N1C[C@@H](CN)[C@H](c2cccc(Cl)c2Cl)C1. The maximum Gasteiger partial charge on any atom is 0.410 e. The van der Waals surface area contributed by atoms with Crippen LogP contribution in [0.5, 0.6) is 0 Å². The zero-order chi connectivity index (χ0) is 16.5. The fourth-order valence-corrected chi connectivity index (χ4v) is 3.19. The van der Waals surface area contributed by atoms with Gasteiger partial charge in [-0.25, -0.2) is 4.79 Å². The van der Waals surface area contributed by atoms with E-state index in [1.54, 1.807) is 11.0 Å². The van der Waals surface area contributed by atoms with Crippen LogP contribution in [0.15, 0.2) is 18.2 Å². The van der Waals surface area contributed by atoms with Gasteiger partial charge in [0.15, 0.2) is 0 Å². The van der Waals surface area contributed by atoms with E-state index >= 15 is 0 Å². The summed E-state index contributed by atoms with van der Waals surface area (Å²) in [6.45, 7) is 7.15. The largest absolute Gasteiger partial charge is 0.444 e. The first-order valence-electron chi connectivity index (χ1n) is 7.35. The Morgan fingerprint density at radius 3 is 2.64 bits per heavy atom. The van der Waals surface area contributed by atoms with Gasteiger partial charge in [0.25, 0.3) is 0 Å². The molecule has 1 saturated heterocycles. The quantitative estimate of drug-likeness (QED) is 0.884. The van der Waals surface area contributed by atoms with E-state index in [0.717, 1.165) is 5.56 Å². The Balaban J connectivity index is 2.20. The van der Waals surface area contributed by atoms with Crippen LogP contribution >= 0.6 is 23.2 Å². The molecule has 0 unspecified atom stereocenters. The van der Waals surface area contributed by atoms with Crippen molar-refractivity contribution in [2.24, 2.45) is 11.7 Å². The van der Waals surface area contributed by atoms with Crippen LogP contribution in [0.2, 0.25) is 10.0 Å². The van der Waals surface area contributed by atoms with Crippen molar-refractivity contribution in [3.05, 3.63) is 33.8 Å². The third-order valence-electron chi connectivity index (χ3n) is 3.78. The summed E-state index contributed by atoms with van der Waals surface area (Å²) in [5.41, 5.74) is 6.31. The van der Waals surface area contributed by atoms with E-state index in [0.29, 0.717) is 29.7 Å². The van der Waals surface area contributed by atoms with Crippen molar-refractivity contribution in [2.75, 3.05) is 19.6 Å². The Labute approximate surface area is 141 Å². The van der Waals surface area contributed by atoms with Crippen LogP contribution in [-0.4, -0.2) is 36.2 Å². The molecule has 2 atom stereocenters. The molecule has 1 aliphatic heterocycles. The Kier molecular flexibility index (Phi) is 5.25. The van der Waals surface area contributed by atoms with E-state index in [9.17, 15) is 4.79 Å². The van der Waals surface area contributed by atoms with Gasteiger partial charge in [-0.15, -0.1) is 0 Å². The van der Waals surface area contributed by atoms with E-state index in [4.69, 9.17) is 33.7 Å². The van der Waals surface area contributed by atoms with E-state index in [-0.39, 0.29) is 17.9 Å². The smallest absolute Gasteiger partial charge is 0.410 e. The summed E-state index contributed by atoms with van der Waals surface area (Å²) in [5.74, 6) is 0.215. The van der Waals surface area contributed by atoms with Crippen LogP contribution in [0.25, 0.3) is 0 Å². The third-order valence-corrected chi connectivity index (χ3v) is 4.61. The zero-order valence-corrected chi connectivity index (χ0v) is 14.6. The van der Waals surface area contributed by atoms with Gasteiger partial charge in [0, 0.05) is 19.0 Å². The molecule has 4 nitrogen and oxygen atoms in total. The fourth-order valence-electron chi connectivity index (χ4n) is 2.74. The predicted octanol–water partition coefficient (Wildman–Crippen LogP) is 3.90. The molecular formula is C16H22Cl2N2O2. The zero-order valence-electron chi connectivity index (χ0n) is 13.1. The highest BCUT2D eigenvalue weighted by Crippen LogP contribution is 2.38. The molecule has 1 aromatic rings. The summed E-state index contributed by atoms with van der Waals surface area (Å²) in [6, 6.07) is 5.57. The third kappa shape index (κ3) is 3.86. The van der Waals surface area contributed by atoms with Gasteiger partial charge in [-0.2, -0.15) is 0 Å². The first-order chi connectivity index (χ1) is 10.2. The first-order valence-corrected chi connectivity index (χ1v) is 8.10. The fraction of sp³-hybridized carbons (Fsp3) is 0.562. The number of benzene rings is 1. The molecule has 122 valence electrons. The van der Waals surface area contributed by atoms with Gasteiger partial charge < -0.3 is 15.4 Å². The summed E-state index contributed by atoms with van der Waals surface area (Å²) < 4.78 is 5.44.